The van der Waals surface area contributed by atoms with Crippen LogP contribution in [0.5, 0.6) is 0 Å². The van der Waals surface area contributed by atoms with E-state index in [1.165, 1.54) is 0 Å². The lowest BCUT2D eigenvalue weighted by molar-refractivity contribution is -0.121. The fourth-order valence-corrected chi connectivity index (χ4v) is 2.69. The molecule has 0 atom stereocenters. The molecule has 0 aliphatic carbocycles. The summed E-state index contributed by atoms with van der Waals surface area (Å²) in [7, 11) is 3.75. The maximum Gasteiger partial charge on any atom is 0.234 e. The molecule has 114 valence electrons. The van der Waals surface area contributed by atoms with Crippen molar-refractivity contribution < 1.29 is 4.79 Å². The van der Waals surface area contributed by atoms with Gasteiger partial charge in [0.1, 0.15) is 0 Å². The van der Waals surface area contributed by atoms with E-state index in [1.54, 1.807) is 0 Å². The average Bonchev–Trinajstić information content (AvgIpc) is 2.76. The number of halogens is 1. The average molecular weight is 308 g/mol. The third-order valence-corrected chi connectivity index (χ3v) is 3.68. The number of carbonyl (C=O) groups is 1. The van der Waals surface area contributed by atoms with Crippen LogP contribution in [-0.4, -0.2) is 36.4 Å². The monoisotopic (exact) mass is 307 g/mol. The van der Waals surface area contributed by atoms with Crippen LogP contribution in [0.2, 0.25) is 5.02 Å². The van der Waals surface area contributed by atoms with Gasteiger partial charge in [0.05, 0.1) is 13.1 Å². The van der Waals surface area contributed by atoms with E-state index in [4.69, 9.17) is 11.6 Å². The maximum absolute atomic E-state index is 11.7. The van der Waals surface area contributed by atoms with Crippen molar-refractivity contribution >= 4 is 28.4 Å². The molecule has 0 saturated heterocycles. The Hall–Kier alpha value is -1.52. The first-order valence-electron chi connectivity index (χ1n) is 7.09. The predicted molar refractivity (Wildman–Crippen MR) is 87.8 cm³/mol. The first kappa shape index (κ1) is 15.9. The number of aromatic nitrogens is 1. The number of hydrogen-bond acceptors (Lipinski definition) is 2. The second-order valence-electron chi connectivity index (χ2n) is 5.92. The number of benzene rings is 1. The van der Waals surface area contributed by atoms with Gasteiger partial charge in [-0.25, -0.2) is 0 Å². The molecule has 1 amide bonds. The Kier molecular flexibility index (Phi) is 4.91. The van der Waals surface area contributed by atoms with Crippen molar-refractivity contribution in [2.45, 2.75) is 26.3 Å². The topological polar surface area (TPSA) is 48.1 Å². The number of nitrogens with zero attached hydrogens (tertiary/aromatic N) is 1. The summed E-state index contributed by atoms with van der Waals surface area (Å²) in [6, 6.07) is 6.10. The molecule has 5 heteroatoms. The molecule has 0 aliphatic rings. The minimum absolute atomic E-state index is 0.0135. The summed E-state index contributed by atoms with van der Waals surface area (Å²) < 4.78 is 0. The molecule has 0 aliphatic heterocycles. The number of nitrogens with one attached hydrogen (secondary N) is 2. The van der Waals surface area contributed by atoms with E-state index in [0.717, 1.165) is 27.2 Å². The van der Waals surface area contributed by atoms with Crippen molar-refractivity contribution in [2.24, 2.45) is 0 Å². The van der Waals surface area contributed by atoms with Crippen molar-refractivity contribution in [3.8, 4) is 0 Å². The van der Waals surface area contributed by atoms with Gasteiger partial charge in [0.25, 0.3) is 0 Å². The van der Waals surface area contributed by atoms with Gasteiger partial charge in [0.15, 0.2) is 0 Å². The number of H-pyrrole nitrogens is 1. The van der Waals surface area contributed by atoms with Gasteiger partial charge in [-0.05, 0) is 43.8 Å². The third kappa shape index (κ3) is 3.99. The molecule has 0 fully saturated rings. The zero-order valence-corrected chi connectivity index (χ0v) is 13.7. The van der Waals surface area contributed by atoms with Crippen LogP contribution in [-0.2, 0) is 11.3 Å². The number of hydrogen-bond donors (Lipinski definition) is 2. The minimum atomic E-state index is 0.0135. The summed E-state index contributed by atoms with van der Waals surface area (Å²) in [5.41, 5.74) is 3.17. The molecule has 0 saturated carbocycles. The first-order chi connectivity index (χ1) is 9.86. The lowest BCUT2D eigenvalue weighted by Crippen LogP contribution is -2.32. The van der Waals surface area contributed by atoms with Gasteiger partial charge >= 0.3 is 0 Å². The Balaban J connectivity index is 2.14. The number of likely N-dealkylation sites (N-methyl/N-ethyl adjacent to an activating group) is 1. The highest BCUT2D eigenvalue weighted by Crippen LogP contribution is 2.29. The lowest BCUT2D eigenvalue weighted by atomic mass is 10.0. The largest absolute Gasteiger partial charge is 0.357 e. The molecule has 1 heterocycles. The zero-order chi connectivity index (χ0) is 15.6. The van der Waals surface area contributed by atoms with Crippen molar-refractivity contribution in [3.63, 3.8) is 0 Å². The molecule has 2 aromatic rings. The number of amides is 1. The Bertz CT molecular complexity index is 646. The molecule has 1 aromatic carbocycles. The van der Waals surface area contributed by atoms with Crippen LogP contribution in [0.4, 0.5) is 0 Å². The summed E-state index contributed by atoms with van der Waals surface area (Å²) in [6.07, 6.45) is 0. The molecule has 0 spiro atoms. The van der Waals surface area contributed by atoms with Gasteiger partial charge in [-0.2, -0.15) is 0 Å². The SMILES string of the molecule is CC(C)c1cc2[nH]c(CNC(=O)CN(C)C)cc2cc1Cl. The quantitative estimate of drug-likeness (QED) is 0.891. The molecular weight excluding hydrogens is 286 g/mol. The van der Waals surface area contributed by atoms with Crippen LogP contribution in [0.15, 0.2) is 18.2 Å². The molecule has 0 unspecified atom stereocenters. The summed E-state index contributed by atoms with van der Waals surface area (Å²) in [6.45, 7) is 5.14. The predicted octanol–water partition coefficient (Wildman–Crippen LogP) is 3.12. The van der Waals surface area contributed by atoms with Gasteiger partial charge in [-0.15, -0.1) is 0 Å². The molecule has 21 heavy (non-hydrogen) atoms. The van der Waals surface area contributed by atoms with Crippen LogP contribution in [0.1, 0.15) is 31.0 Å². The summed E-state index contributed by atoms with van der Waals surface area (Å²) in [4.78, 5) is 16.8. The van der Waals surface area contributed by atoms with Gasteiger partial charge in [0.2, 0.25) is 5.91 Å². The lowest BCUT2D eigenvalue weighted by Gasteiger charge is -2.09. The zero-order valence-electron chi connectivity index (χ0n) is 13.0. The molecule has 2 rings (SSSR count). The Morgan fingerprint density at radius 2 is 2.05 bits per heavy atom. The molecule has 2 N–H and O–H groups in total. The van der Waals surface area contributed by atoms with Crippen LogP contribution in [0.3, 0.4) is 0 Å². The fraction of sp³-hybridized carbons (Fsp3) is 0.438. The van der Waals surface area contributed by atoms with Gasteiger partial charge in [0, 0.05) is 21.6 Å². The van der Waals surface area contributed by atoms with E-state index in [1.807, 2.05) is 31.1 Å². The van der Waals surface area contributed by atoms with Gasteiger partial charge in [-0.1, -0.05) is 25.4 Å². The van der Waals surface area contributed by atoms with Crippen LogP contribution in [0, 0.1) is 0 Å². The van der Waals surface area contributed by atoms with Crippen molar-refractivity contribution in [1.29, 1.82) is 0 Å². The van der Waals surface area contributed by atoms with E-state index < -0.39 is 0 Å². The number of rotatable bonds is 5. The Labute approximate surface area is 130 Å². The second-order valence-corrected chi connectivity index (χ2v) is 6.33. The highest BCUT2D eigenvalue weighted by molar-refractivity contribution is 6.32. The van der Waals surface area contributed by atoms with Crippen LogP contribution in [0.25, 0.3) is 10.9 Å². The highest BCUT2D eigenvalue weighted by atomic mass is 35.5. The molecule has 1 aromatic heterocycles. The number of fused-ring (bicyclic) bond motifs is 1. The third-order valence-electron chi connectivity index (χ3n) is 3.35. The van der Waals surface area contributed by atoms with E-state index in [-0.39, 0.29) is 5.91 Å². The summed E-state index contributed by atoms with van der Waals surface area (Å²) in [5.74, 6) is 0.396. The minimum Gasteiger partial charge on any atom is -0.357 e. The van der Waals surface area contributed by atoms with Crippen LogP contribution < -0.4 is 5.32 Å². The summed E-state index contributed by atoms with van der Waals surface area (Å²) in [5, 5.41) is 4.76. The standard InChI is InChI=1S/C16H22ClN3O/c1-10(2)13-7-15-11(6-14(13)17)5-12(19-15)8-18-16(21)9-20(3)4/h5-7,10,19H,8-9H2,1-4H3,(H,18,21). The second kappa shape index (κ2) is 6.50. The molecule has 0 radical (unpaired) electrons. The molecule has 0 bridgehead atoms. The van der Waals surface area contributed by atoms with Crippen molar-refractivity contribution in [2.75, 3.05) is 20.6 Å². The van der Waals surface area contributed by atoms with Crippen molar-refractivity contribution in [3.05, 3.63) is 34.5 Å². The number of aromatic amines is 1. The van der Waals surface area contributed by atoms with E-state index >= 15 is 0 Å². The van der Waals surface area contributed by atoms with Crippen molar-refractivity contribution in [1.82, 2.24) is 15.2 Å². The molecular formula is C16H22ClN3O. The Morgan fingerprint density at radius 1 is 1.33 bits per heavy atom. The van der Waals surface area contributed by atoms with E-state index in [0.29, 0.717) is 19.0 Å². The number of carbonyl (C=O) groups excluding carboxylic acids is 1. The van der Waals surface area contributed by atoms with E-state index in [2.05, 4.69) is 30.2 Å². The fourth-order valence-electron chi connectivity index (χ4n) is 2.30. The van der Waals surface area contributed by atoms with Crippen LogP contribution >= 0.6 is 11.6 Å². The Morgan fingerprint density at radius 3 is 2.67 bits per heavy atom. The molecule has 4 nitrogen and oxygen atoms in total. The van der Waals surface area contributed by atoms with Gasteiger partial charge in [-0.3, -0.25) is 4.79 Å². The first-order valence-corrected chi connectivity index (χ1v) is 7.47. The summed E-state index contributed by atoms with van der Waals surface area (Å²) >= 11 is 6.30. The maximum atomic E-state index is 11.7. The van der Waals surface area contributed by atoms with Gasteiger partial charge < -0.3 is 15.2 Å². The van der Waals surface area contributed by atoms with E-state index in [9.17, 15) is 4.79 Å². The highest BCUT2D eigenvalue weighted by Gasteiger charge is 2.10. The normalized spacial score (nSPS) is 11.6. The smallest absolute Gasteiger partial charge is 0.234 e.